The molecule has 1 saturated heterocycles. The maximum Gasteiger partial charge on any atom is 0.305 e. The van der Waals surface area contributed by atoms with Gasteiger partial charge in [0.05, 0.1) is 5.75 Å². The number of hydrogen-bond acceptors (Lipinski definition) is 6. The molecule has 0 spiro atoms. The van der Waals surface area contributed by atoms with Gasteiger partial charge in [0.15, 0.2) is 0 Å². The summed E-state index contributed by atoms with van der Waals surface area (Å²) >= 11 is 1.48. The van der Waals surface area contributed by atoms with Crippen molar-refractivity contribution in [1.29, 1.82) is 0 Å². The molecular weight excluding hydrogens is 232 g/mol. The summed E-state index contributed by atoms with van der Waals surface area (Å²) in [5.41, 5.74) is -0.231. The van der Waals surface area contributed by atoms with Crippen LogP contribution in [0.25, 0.3) is 0 Å². The molecule has 1 heterocycles. The summed E-state index contributed by atoms with van der Waals surface area (Å²) in [4.78, 5) is 21.7. The van der Waals surface area contributed by atoms with Crippen LogP contribution in [0.5, 0.6) is 0 Å². The fourth-order valence-electron chi connectivity index (χ4n) is 1.21. The van der Waals surface area contributed by atoms with Gasteiger partial charge in [-0.2, -0.15) is 0 Å². The first-order valence-corrected chi connectivity index (χ1v) is 6.26. The van der Waals surface area contributed by atoms with Crippen molar-refractivity contribution in [3.05, 3.63) is 0 Å². The van der Waals surface area contributed by atoms with E-state index >= 15 is 0 Å². The van der Waals surface area contributed by atoms with Crippen LogP contribution >= 0.6 is 11.8 Å². The Balaban J connectivity index is 2.16. The third kappa shape index (κ3) is 4.85. The van der Waals surface area contributed by atoms with Gasteiger partial charge in [0.1, 0.15) is 12.0 Å². The Kier molecular flexibility index (Phi) is 5.62. The molecule has 0 unspecified atom stereocenters. The van der Waals surface area contributed by atoms with Crippen molar-refractivity contribution in [2.75, 3.05) is 12.4 Å². The molecule has 1 rings (SSSR count). The summed E-state index contributed by atoms with van der Waals surface area (Å²) in [6.07, 6.45) is 0.676. The molecule has 1 aliphatic rings. The third-order valence-corrected chi connectivity index (χ3v) is 2.94. The average Bonchev–Trinajstić information content (AvgIpc) is 2.62. The van der Waals surface area contributed by atoms with Crippen molar-refractivity contribution in [1.82, 2.24) is 0 Å². The number of carbonyl (C=O) groups excluding carboxylic acids is 2. The van der Waals surface area contributed by atoms with Crippen LogP contribution in [0.2, 0.25) is 0 Å². The lowest BCUT2D eigenvalue weighted by Crippen LogP contribution is -2.22. The first kappa shape index (κ1) is 13.3. The van der Waals surface area contributed by atoms with E-state index < -0.39 is 6.29 Å². The lowest BCUT2D eigenvalue weighted by molar-refractivity contribution is -0.175. The van der Waals surface area contributed by atoms with Crippen molar-refractivity contribution in [2.24, 2.45) is 0 Å². The summed E-state index contributed by atoms with van der Waals surface area (Å²) in [6, 6.07) is 0. The highest BCUT2D eigenvalue weighted by Gasteiger charge is 2.28. The molecule has 0 radical (unpaired) electrons. The van der Waals surface area contributed by atoms with Gasteiger partial charge in [-0.1, -0.05) is 6.92 Å². The van der Waals surface area contributed by atoms with Gasteiger partial charge in [0.25, 0.3) is 0 Å². The second-order valence-electron chi connectivity index (χ2n) is 3.37. The van der Waals surface area contributed by atoms with E-state index in [-0.39, 0.29) is 24.0 Å². The summed E-state index contributed by atoms with van der Waals surface area (Å²) in [5, 5.41) is 0. The van der Waals surface area contributed by atoms with E-state index in [2.05, 4.69) is 0 Å². The fraction of sp³-hybridized carbons (Fsp3) is 0.800. The van der Waals surface area contributed by atoms with Crippen LogP contribution in [0.4, 0.5) is 0 Å². The second kappa shape index (κ2) is 6.75. The lowest BCUT2D eigenvalue weighted by atomic mass is 10.3. The molecule has 0 bridgehead atoms. The monoisotopic (exact) mass is 248 g/mol. The fourth-order valence-corrected chi connectivity index (χ4v) is 2.09. The largest absolute Gasteiger partial charge is 0.462 e. The van der Waals surface area contributed by atoms with E-state index in [0.717, 1.165) is 6.42 Å². The van der Waals surface area contributed by atoms with Crippen LogP contribution < -0.4 is 0 Å². The minimum Gasteiger partial charge on any atom is -0.462 e. The van der Waals surface area contributed by atoms with E-state index in [1.54, 1.807) is 0 Å². The second-order valence-corrected chi connectivity index (χ2v) is 4.56. The molecule has 0 aliphatic carbocycles. The van der Waals surface area contributed by atoms with Gasteiger partial charge in [-0.15, -0.1) is 11.8 Å². The van der Waals surface area contributed by atoms with Crippen molar-refractivity contribution < 1.29 is 23.8 Å². The van der Waals surface area contributed by atoms with Crippen LogP contribution in [0.1, 0.15) is 26.7 Å². The zero-order valence-electron chi connectivity index (χ0n) is 9.43. The molecule has 1 aliphatic heterocycles. The highest BCUT2D eigenvalue weighted by atomic mass is 32.2. The van der Waals surface area contributed by atoms with Crippen molar-refractivity contribution >= 4 is 23.7 Å². The van der Waals surface area contributed by atoms with E-state index in [0.29, 0.717) is 12.2 Å². The first-order chi connectivity index (χ1) is 7.61. The Morgan fingerprint density at radius 3 is 2.88 bits per heavy atom. The molecule has 2 atom stereocenters. The molecule has 0 aromatic rings. The molecule has 0 aromatic carbocycles. The maximum atomic E-state index is 11.1. The molecule has 16 heavy (non-hydrogen) atoms. The minimum absolute atomic E-state index is 0.210. The number of carbonyl (C=O) groups is 2. The third-order valence-electron chi connectivity index (χ3n) is 1.85. The maximum absolute atomic E-state index is 11.1. The Bertz CT molecular complexity index is 256. The molecule has 1 fully saturated rings. The molecule has 0 aromatic heterocycles. The smallest absolute Gasteiger partial charge is 0.305 e. The van der Waals surface area contributed by atoms with Crippen LogP contribution in [0.15, 0.2) is 0 Å². The van der Waals surface area contributed by atoms with Crippen LogP contribution in [0, 0.1) is 0 Å². The number of rotatable bonds is 5. The van der Waals surface area contributed by atoms with E-state index in [1.165, 1.54) is 18.7 Å². The molecule has 92 valence electrons. The standard InChI is InChI=1S/C10H16O5S/c1-3-4-8(12)13-5-10-15-9(6-16-10)14-7(2)11/h9-10H,3-6H2,1-2H3/t9-,10-/m0/s1. The zero-order valence-corrected chi connectivity index (χ0v) is 10.2. The molecule has 0 amide bonds. The summed E-state index contributed by atoms with van der Waals surface area (Å²) < 4.78 is 15.2. The van der Waals surface area contributed by atoms with Crippen LogP contribution in [-0.2, 0) is 23.8 Å². The molecular formula is C10H16O5S. The normalized spacial score (nSPS) is 24.1. The number of hydrogen-bond donors (Lipinski definition) is 0. The quantitative estimate of drug-likeness (QED) is 0.684. The Labute approximate surface area is 98.8 Å². The lowest BCUT2D eigenvalue weighted by Gasteiger charge is -2.12. The van der Waals surface area contributed by atoms with Crippen molar-refractivity contribution in [3.8, 4) is 0 Å². The number of thioether (sulfide) groups is 1. The predicted molar refractivity (Wildman–Crippen MR) is 58.8 cm³/mol. The van der Waals surface area contributed by atoms with E-state index in [1.807, 2.05) is 6.92 Å². The van der Waals surface area contributed by atoms with Gasteiger partial charge in [0.2, 0.25) is 6.29 Å². The number of esters is 2. The first-order valence-electron chi connectivity index (χ1n) is 5.21. The zero-order chi connectivity index (χ0) is 12.0. The molecule has 0 saturated carbocycles. The molecule has 5 nitrogen and oxygen atoms in total. The predicted octanol–water partition coefficient (Wildman–Crippen LogP) is 1.31. The molecule has 6 heteroatoms. The van der Waals surface area contributed by atoms with Crippen LogP contribution in [0.3, 0.4) is 0 Å². The Morgan fingerprint density at radius 2 is 2.25 bits per heavy atom. The van der Waals surface area contributed by atoms with Crippen molar-refractivity contribution in [3.63, 3.8) is 0 Å². The number of ether oxygens (including phenoxy) is 3. The summed E-state index contributed by atoms with van der Waals surface area (Å²) in [6.45, 7) is 3.46. The minimum atomic E-state index is -0.516. The molecule has 0 N–H and O–H groups in total. The van der Waals surface area contributed by atoms with Gasteiger partial charge in [-0.3, -0.25) is 9.59 Å². The van der Waals surface area contributed by atoms with Gasteiger partial charge in [-0.25, -0.2) is 0 Å². The SMILES string of the molecule is CCCC(=O)OC[C@H]1O[C@H](OC(C)=O)CS1. The van der Waals surface area contributed by atoms with Gasteiger partial charge in [0, 0.05) is 13.3 Å². The van der Waals surface area contributed by atoms with Crippen molar-refractivity contribution in [2.45, 2.75) is 38.4 Å². The topological polar surface area (TPSA) is 61.8 Å². The van der Waals surface area contributed by atoms with Crippen LogP contribution in [-0.4, -0.2) is 36.0 Å². The van der Waals surface area contributed by atoms with Gasteiger partial charge in [-0.05, 0) is 6.42 Å². The summed E-state index contributed by atoms with van der Waals surface area (Å²) in [7, 11) is 0. The van der Waals surface area contributed by atoms with Gasteiger partial charge >= 0.3 is 11.9 Å². The highest BCUT2D eigenvalue weighted by molar-refractivity contribution is 8.00. The van der Waals surface area contributed by atoms with Gasteiger partial charge < -0.3 is 14.2 Å². The summed E-state index contributed by atoms with van der Waals surface area (Å²) in [5.74, 6) is -0.00729. The van der Waals surface area contributed by atoms with E-state index in [9.17, 15) is 9.59 Å². The Morgan fingerprint density at radius 1 is 1.50 bits per heavy atom. The highest BCUT2D eigenvalue weighted by Crippen LogP contribution is 2.26. The average molecular weight is 248 g/mol. The Hall–Kier alpha value is -0.750. The van der Waals surface area contributed by atoms with E-state index in [4.69, 9.17) is 14.2 Å².